The van der Waals surface area contributed by atoms with Gasteiger partial charge in [0.05, 0.1) is 6.04 Å². The lowest BCUT2D eigenvalue weighted by Gasteiger charge is -2.30. The molecule has 1 aliphatic heterocycles. The number of nitrogens with one attached hydrogen (secondary N) is 2. The Balaban J connectivity index is 1.54. The van der Waals surface area contributed by atoms with Gasteiger partial charge >= 0.3 is 6.03 Å². The van der Waals surface area contributed by atoms with Gasteiger partial charge in [0.25, 0.3) is 5.91 Å². The third-order valence-electron chi connectivity index (χ3n) is 5.01. The average Bonchev–Trinajstić information content (AvgIpc) is 2.69. The van der Waals surface area contributed by atoms with Crippen LogP contribution in [0.4, 0.5) is 10.5 Å². The minimum absolute atomic E-state index is 0.0595. The van der Waals surface area contributed by atoms with Gasteiger partial charge < -0.3 is 15.5 Å². The number of nitrogens with zero attached hydrogens (tertiary/aromatic N) is 2. The normalized spacial score (nSPS) is 15.9. The minimum Gasteiger partial charge on any atom is -0.339 e. The standard InChI is InChI=1S/C21H26N4O2/c1-15-9-13-25(14-10-15)20(26)18-3-5-19(6-4-18)24-21(27)23-16(2)17-7-11-22-12-8-17/h3-8,11-12,15-16H,9-10,13-14H2,1-2H3,(H2,23,24,27). The second-order valence-electron chi connectivity index (χ2n) is 7.15. The van der Waals surface area contributed by atoms with E-state index in [-0.39, 0.29) is 18.0 Å². The number of piperidine rings is 1. The fraction of sp³-hybridized carbons (Fsp3) is 0.381. The van der Waals surface area contributed by atoms with Crippen LogP contribution in [0.15, 0.2) is 48.8 Å². The van der Waals surface area contributed by atoms with Crippen molar-refractivity contribution in [3.05, 3.63) is 59.9 Å². The highest BCUT2D eigenvalue weighted by Gasteiger charge is 2.21. The first-order chi connectivity index (χ1) is 13.0. The third-order valence-corrected chi connectivity index (χ3v) is 5.01. The van der Waals surface area contributed by atoms with E-state index < -0.39 is 0 Å². The second-order valence-corrected chi connectivity index (χ2v) is 7.15. The average molecular weight is 366 g/mol. The Morgan fingerprint density at radius 2 is 1.70 bits per heavy atom. The highest BCUT2D eigenvalue weighted by Crippen LogP contribution is 2.19. The van der Waals surface area contributed by atoms with Crippen LogP contribution >= 0.6 is 0 Å². The number of carbonyl (C=O) groups excluding carboxylic acids is 2. The molecule has 2 N–H and O–H groups in total. The monoisotopic (exact) mass is 366 g/mol. The Labute approximate surface area is 160 Å². The van der Waals surface area contributed by atoms with Crippen molar-refractivity contribution in [1.29, 1.82) is 0 Å². The first kappa shape index (κ1) is 18.9. The van der Waals surface area contributed by atoms with Crippen molar-refractivity contribution in [3.8, 4) is 0 Å². The lowest BCUT2D eigenvalue weighted by molar-refractivity contribution is 0.0697. The van der Waals surface area contributed by atoms with Crippen LogP contribution in [0.2, 0.25) is 0 Å². The number of urea groups is 1. The lowest BCUT2D eigenvalue weighted by atomic mass is 9.98. The predicted octanol–water partition coefficient (Wildman–Crippen LogP) is 3.84. The summed E-state index contributed by atoms with van der Waals surface area (Å²) in [6.45, 7) is 5.77. The van der Waals surface area contributed by atoms with Gasteiger partial charge in [-0.15, -0.1) is 0 Å². The second kappa shape index (κ2) is 8.66. The number of pyridine rings is 1. The molecule has 3 rings (SSSR count). The smallest absolute Gasteiger partial charge is 0.319 e. The Kier molecular flexibility index (Phi) is 6.06. The lowest BCUT2D eigenvalue weighted by Crippen LogP contribution is -2.37. The summed E-state index contributed by atoms with van der Waals surface area (Å²) in [5.74, 6) is 0.748. The molecule has 1 aromatic carbocycles. The molecule has 1 fully saturated rings. The summed E-state index contributed by atoms with van der Waals surface area (Å²) in [5, 5.41) is 5.69. The summed E-state index contributed by atoms with van der Waals surface area (Å²) in [6.07, 6.45) is 5.51. The summed E-state index contributed by atoms with van der Waals surface area (Å²) in [6, 6.07) is 10.4. The van der Waals surface area contributed by atoms with Gasteiger partial charge in [0.2, 0.25) is 0 Å². The number of carbonyl (C=O) groups is 2. The molecule has 27 heavy (non-hydrogen) atoms. The molecule has 0 saturated carbocycles. The zero-order valence-electron chi connectivity index (χ0n) is 15.8. The molecule has 0 bridgehead atoms. The SMILES string of the molecule is CC1CCN(C(=O)c2ccc(NC(=O)NC(C)c3ccncc3)cc2)CC1. The topological polar surface area (TPSA) is 74.3 Å². The molecule has 142 valence electrons. The molecule has 1 aromatic heterocycles. The molecule has 0 aliphatic carbocycles. The van der Waals surface area contributed by atoms with E-state index in [4.69, 9.17) is 0 Å². The van der Waals surface area contributed by atoms with Crippen molar-refractivity contribution < 1.29 is 9.59 Å². The molecule has 0 radical (unpaired) electrons. The van der Waals surface area contributed by atoms with Crippen molar-refractivity contribution in [3.63, 3.8) is 0 Å². The highest BCUT2D eigenvalue weighted by atomic mass is 16.2. The van der Waals surface area contributed by atoms with Crippen LogP contribution in [-0.4, -0.2) is 34.9 Å². The number of hydrogen-bond donors (Lipinski definition) is 2. The molecule has 1 saturated heterocycles. The van der Waals surface area contributed by atoms with Gasteiger partial charge in [-0.2, -0.15) is 0 Å². The van der Waals surface area contributed by atoms with Crippen molar-refractivity contribution in [1.82, 2.24) is 15.2 Å². The van der Waals surface area contributed by atoms with Crippen LogP contribution in [0.3, 0.4) is 0 Å². The Morgan fingerprint density at radius 1 is 1.07 bits per heavy atom. The van der Waals surface area contributed by atoms with Gasteiger partial charge in [-0.1, -0.05) is 6.92 Å². The van der Waals surface area contributed by atoms with Gasteiger partial charge in [-0.25, -0.2) is 4.79 Å². The molecule has 3 amide bonds. The van der Waals surface area contributed by atoms with E-state index >= 15 is 0 Å². The summed E-state index contributed by atoms with van der Waals surface area (Å²) < 4.78 is 0. The summed E-state index contributed by atoms with van der Waals surface area (Å²) in [7, 11) is 0. The number of hydrogen-bond acceptors (Lipinski definition) is 3. The van der Waals surface area contributed by atoms with E-state index in [0.29, 0.717) is 17.2 Å². The van der Waals surface area contributed by atoms with Crippen LogP contribution in [0.1, 0.15) is 48.7 Å². The van der Waals surface area contributed by atoms with Crippen LogP contribution in [0, 0.1) is 5.92 Å². The van der Waals surface area contributed by atoms with Gasteiger partial charge in [0.15, 0.2) is 0 Å². The minimum atomic E-state index is -0.289. The van der Waals surface area contributed by atoms with Crippen LogP contribution < -0.4 is 10.6 Å². The first-order valence-corrected chi connectivity index (χ1v) is 9.39. The number of benzene rings is 1. The van der Waals surface area contributed by atoms with Gasteiger partial charge in [-0.05, 0) is 67.6 Å². The van der Waals surface area contributed by atoms with E-state index in [1.54, 1.807) is 36.7 Å². The summed E-state index contributed by atoms with van der Waals surface area (Å²) in [4.78, 5) is 30.6. The van der Waals surface area contributed by atoms with Crippen molar-refractivity contribution >= 4 is 17.6 Å². The molecule has 1 atom stereocenters. The Bertz CT molecular complexity index is 769. The fourth-order valence-corrected chi connectivity index (χ4v) is 3.19. The third kappa shape index (κ3) is 5.06. The van der Waals surface area contributed by atoms with Gasteiger partial charge in [0, 0.05) is 36.7 Å². The number of rotatable bonds is 4. The van der Waals surface area contributed by atoms with Crippen molar-refractivity contribution in [2.24, 2.45) is 5.92 Å². The van der Waals surface area contributed by atoms with Crippen LogP contribution in [-0.2, 0) is 0 Å². The first-order valence-electron chi connectivity index (χ1n) is 9.39. The molecule has 2 aromatic rings. The maximum Gasteiger partial charge on any atom is 0.319 e. The quantitative estimate of drug-likeness (QED) is 0.863. The number of anilines is 1. The molecule has 2 heterocycles. The molecule has 0 spiro atoms. The molecule has 1 aliphatic rings. The molecule has 1 unspecified atom stereocenters. The highest BCUT2D eigenvalue weighted by molar-refractivity contribution is 5.95. The number of amides is 3. The Hall–Kier alpha value is -2.89. The molecule has 6 heteroatoms. The maximum atomic E-state index is 12.6. The van der Waals surface area contributed by atoms with Gasteiger partial charge in [0.1, 0.15) is 0 Å². The van der Waals surface area contributed by atoms with Gasteiger partial charge in [-0.3, -0.25) is 9.78 Å². The van der Waals surface area contributed by atoms with Crippen LogP contribution in [0.25, 0.3) is 0 Å². The zero-order valence-corrected chi connectivity index (χ0v) is 15.8. The largest absolute Gasteiger partial charge is 0.339 e. The van der Waals surface area contributed by atoms with Crippen molar-refractivity contribution in [2.45, 2.75) is 32.7 Å². The zero-order chi connectivity index (χ0) is 19.2. The van der Waals surface area contributed by atoms with E-state index in [1.165, 1.54) is 0 Å². The van der Waals surface area contributed by atoms with Crippen LogP contribution in [0.5, 0.6) is 0 Å². The molecular weight excluding hydrogens is 340 g/mol. The maximum absolute atomic E-state index is 12.6. The van der Waals surface area contributed by atoms with E-state index in [2.05, 4.69) is 22.5 Å². The summed E-state index contributed by atoms with van der Waals surface area (Å²) in [5.41, 5.74) is 2.29. The molecular formula is C21H26N4O2. The van der Waals surface area contributed by atoms with E-state index in [1.807, 2.05) is 24.0 Å². The predicted molar refractivity (Wildman–Crippen MR) is 106 cm³/mol. The number of aromatic nitrogens is 1. The van der Waals surface area contributed by atoms with Crippen molar-refractivity contribution in [2.75, 3.05) is 18.4 Å². The summed E-state index contributed by atoms with van der Waals surface area (Å²) >= 11 is 0. The fourth-order valence-electron chi connectivity index (χ4n) is 3.19. The Morgan fingerprint density at radius 3 is 2.33 bits per heavy atom. The number of likely N-dealkylation sites (tertiary alicyclic amines) is 1. The van der Waals surface area contributed by atoms with E-state index in [0.717, 1.165) is 31.5 Å². The van der Waals surface area contributed by atoms with E-state index in [9.17, 15) is 9.59 Å². The molecule has 6 nitrogen and oxygen atoms in total.